The molecule has 1 fully saturated rings. The molecule has 1 aliphatic heterocycles. The Morgan fingerprint density at radius 3 is 2.60 bits per heavy atom. The molecule has 0 aromatic rings. The Morgan fingerprint density at radius 1 is 1.15 bits per heavy atom. The van der Waals surface area contributed by atoms with Crippen LogP contribution in [0.2, 0.25) is 0 Å². The quantitative estimate of drug-likeness (QED) is 0.375. The van der Waals surface area contributed by atoms with Gasteiger partial charge < -0.3 is 25.4 Å². The number of unbranched alkanes of at least 4 members (excludes halogenated alkanes) is 5. The van der Waals surface area contributed by atoms with Gasteiger partial charge in [-0.1, -0.05) is 32.6 Å². The van der Waals surface area contributed by atoms with E-state index >= 15 is 0 Å². The van der Waals surface area contributed by atoms with Gasteiger partial charge in [0.25, 0.3) is 0 Å². The van der Waals surface area contributed by atoms with Crippen LogP contribution in [0.3, 0.4) is 0 Å². The van der Waals surface area contributed by atoms with E-state index in [0.717, 1.165) is 12.8 Å². The summed E-state index contributed by atoms with van der Waals surface area (Å²) in [5.41, 5.74) is 0. The fourth-order valence-electron chi connectivity index (χ4n) is 2.36. The first-order valence-corrected chi connectivity index (χ1v) is 7.71. The van der Waals surface area contributed by atoms with Crippen LogP contribution in [0.4, 0.5) is 0 Å². The Bertz CT molecular complexity index is 273. The highest BCUT2D eigenvalue weighted by Gasteiger charge is 2.37. The fourth-order valence-corrected chi connectivity index (χ4v) is 2.36. The number of rotatable bonds is 9. The van der Waals surface area contributed by atoms with E-state index < -0.39 is 24.4 Å². The molecule has 0 radical (unpaired) electrons. The fraction of sp³-hybridized carbons (Fsp3) is 0.867. The lowest BCUT2D eigenvalue weighted by Gasteiger charge is -2.36. The van der Waals surface area contributed by atoms with Gasteiger partial charge in [0.15, 0.2) is 0 Å². The summed E-state index contributed by atoms with van der Waals surface area (Å²) < 4.78 is 5.45. The summed E-state index contributed by atoms with van der Waals surface area (Å²) in [7, 11) is 0. The van der Waals surface area contributed by atoms with Gasteiger partial charge in [-0.05, 0) is 18.9 Å². The van der Waals surface area contributed by atoms with Gasteiger partial charge >= 0.3 is 0 Å². The van der Waals surface area contributed by atoms with Crippen LogP contribution in [0.15, 0.2) is 12.3 Å². The molecule has 4 N–H and O–H groups in total. The van der Waals surface area contributed by atoms with Crippen LogP contribution >= 0.6 is 0 Å². The summed E-state index contributed by atoms with van der Waals surface area (Å²) in [5.74, 6) is 0. The van der Waals surface area contributed by atoms with E-state index in [1.165, 1.54) is 25.7 Å². The third-order valence-corrected chi connectivity index (χ3v) is 3.74. The SMILES string of the molecule is CCCCCCC/C=C/O[C@H]1CNC(CO)[C@@H](O)[C@@H]1O. The molecule has 1 heterocycles. The molecule has 20 heavy (non-hydrogen) atoms. The summed E-state index contributed by atoms with van der Waals surface area (Å²) in [4.78, 5) is 0. The lowest BCUT2D eigenvalue weighted by molar-refractivity contribution is -0.104. The average molecular weight is 287 g/mol. The Balaban J connectivity index is 2.15. The monoisotopic (exact) mass is 287 g/mol. The highest BCUT2D eigenvalue weighted by Crippen LogP contribution is 2.14. The van der Waals surface area contributed by atoms with Gasteiger partial charge in [-0.25, -0.2) is 0 Å². The molecule has 1 aliphatic rings. The van der Waals surface area contributed by atoms with Crippen LogP contribution in [-0.2, 0) is 4.74 Å². The lowest BCUT2D eigenvalue weighted by Crippen LogP contribution is -2.61. The number of ether oxygens (including phenoxy) is 1. The van der Waals surface area contributed by atoms with Crippen molar-refractivity contribution >= 4 is 0 Å². The molecular weight excluding hydrogens is 258 g/mol. The highest BCUT2D eigenvalue weighted by atomic mass is 16.5. The van der Waals surface area contributed by atoms with E-state index in [-0.39, 0.29) is 6.61 Å². The molecule has 0 bridgehead atoms. The number of hydrogen-bond acceptors (Lipinski definition) is 5. The molecule has 1 saturated heterocycles. The van der Waals surface area contributed by atoms with Crippen molar-refractivity contribution in [3.63, 3.8) is 0 Å². The highest BCUT2D eigenvalue weighted by molar-refractivity contribution is 4.93. The molecule has 0 spiro atoms. The predicted molar refractivity (Wildman–Crippen MR) is 78.3 cm³/mol. The predicted octanol–water partition coefficient (Wildman–Crippen LogP) is 0.932. The van der Waals surface area contributed by atoms with Gasteiger partial charge in [0.1, 0.15) is 18.3 Å². The second-order valence-corrected chi connectivity index (χ2v) is 5.43. The summed E-state index contributed by atoms with van der Waals surface area (Å²) in [6.45, 7) is 2.43. The van der Waals surface area contributed by atoms with E-state index in [1.807, 2.05) is 6.08 Å². The Labute approximate surface area is 121 Å². The second kappa shape index (κ2) is 10.2. The van der Waals surface area contributed by atoms with E-state index in [0.29, 0.717) is 6.54 Å². The van der Waals surface area contributed by atoms with E-state index in [4.69, 9.17) is 9.84 Å². The standard InChI is InChI=1S/C15H29NO4/c1-2-3-4-5-6-7-8-9-20-13-10-16-12(11-17)14(18)15(13)19/h8-9,12-19H,2-7,10-11H2,1H3/b9-8+/t12?,13-,14+,15+/m0/s1. The molecule has 0 saturated carbocycles. The van der Waals surface area contributed by atoms with Gasteiger partial charge in [0.2, 0.25) is 0 Å². The summed E-state index contributed by atoms with van der Waals surface area (Å²) in [5, 5.41) is 31.6. The minimum absolute atomic E-state index is 0.196. The van der Waals surface area contributed by atoms with Crippen molar-refractivity contribution in [1.82, 2.24) is 5.32 Å². The van der Waals surface area contributed by atoms with Crippen molar-refractivity contribution in [2.45, 2.75) is 69.8 Å². The maximum atomic E-state index is 9.88. The van der Waals surface area contributed by atoms with E-state index in [2.05, 4.69) is 12.2 Å². The van der Waals surface area contributed by atoms with Gasteiger partial charge in [-0.3, -0.25) is 0 Å². The average Bonchev–Trinajstić information content (AvgIpc) is 2.46. The van der Waals surface area contributed by atoms with Crippen molar-refractivity contribution in [1.29, 1.82) is 0 Å². The zero-order chi connectivity index (χ0) is 14.8. The summed E-state index contributed by atoms with van der Waals surface area (Å²) >= 11 is 0. The van der Waals surface area contributed by atoms with Crippen molar-refractivity contribution in [2.24, 2.45) is 0 Å². The minimum atomic E-state index is -0.999. The Morgan fingerprint density at radius 2 is 1.90 bits per heavy atom. The molecule has 0 aromatic heterocycles. The third-order valence-electron chi connectivity index (χ3n) is 3.74. The van der Waals surface area contributed by atoms with Crippen LogP contribution in [0.5, 0.6) is 0 Å². The normalized spacial score (nSPS) is 30.8. The van der Waals surface area contributed by atoms with Crippen LogP contribution in [0, 0.1) is 0 Å². The molecular formula is C15H29NO4. The largest absolute Gasteiger partial charge is 0.494 e. The van der Waals surface area contributed by atoms with E-state index in [1.54, 1.807) is 6.26 Å². The molecule has 0 aliphatic carbocycles. The first-order valence-electron chi connectivity index (χ1n) is 7.71. The molecule has 1 rings (SSSR count). The van der Waals surface area contributed by atoms with Crippen molar-refractivity contribution in [2.75, 3.05) is 13.2 Å². The zero-order valence-corrected chi connectivity index (χ0v) is 12.4. The summed E-state index contributed by atoms with van der Waals surface area (Å²) in [6.07, 6.45) is 8.33. The van der Waals surface area contributed by atoms with Crippen molar-refractivity contribution in [3.05, 3.63) is 12.3 Å². The molecule has 1 unspecified atom stereocenters. The Kier molecular flexibility index (Phi) is 8.85. The maximum Gasteiger partial charge on any atom is 0.139 e. The Hall–Kier alpha value is -0.620. The smallest absolute Gasteiger partial charge is 0.139 e. The second-order valence-electron chi connectivity index (χ2n) is 5.43. The van der Waals surface area contributed by atoms with Crippen LogP contribution in [0.25, 0.3) is 0 Å². The van der Waals surface area contributed by atoms with Gasteiger partial charge in [0, 0.05) is 6.54 Å². The zero-order valence-electron chi connectivity index (χ0n) is 12.4. The molecule has 5 heteroatoms. The van der Waals surface area contributed by atoms with Gasteiger partial charge in [0.05, 0.1) is 18.9 Å². The van der Waals surface area contributed by atoms with Crippen molar-refractivity contribution < 1.29 is 20.1 Å². The van der Waals surface area contributed by atoms with Gasteiger partial charge in [-0.2, -0.15) is 0 Å². The van der Waals surface area contributed by atoms with Gasteiger partial charge in [-0.15, -0.1) is 0 Å². The lowest BCUT2D eigenvalue weighted by atomic mass is 9.96. The molecule has 0 aromatic carbocycles. The number of allylic oxidation sites excluding steroid dienone is 1. The first kappa shape index (κ1) is 17.4. The van der Waals surface area contributed by atoms with Crippen molar-refractivity contribution in [3.8, 4) is 0 Å². The summed E-state index contributed by atoms with van der Waals surface area (Å²) in [6, 6.07) is -0.479. The van der Waals surface area contributed by atoms with Crippen LogP contribution < -0.4 is 5.32 Å². The number of aliphatic hydroxyl groups excluding tert-OH is 3. The topological polar surface area (TPSA) is 82.0 Å². The van der Waals surface area contributed by atoms with E-state index in [9.17, 15) is 10.2 Å². The number of hydrogen-bond donors (Lipinski definition) is 4. The number of nitrogens with one attached hydrogen (secondary N) is 1. The third kappa shape index (κ3) is 5.79. The van der Waals surface area contributed by atoms with Crippen LogP contribution in [0.1, 0.15) is 45.4 Å². The molecule has 4 atom stereocenters. The number of aliphatic hydroxyl groups is 3. The van der Waals surface area contributed by atoms with Crippen LogP contribution in [-0.4, -0.2) is 52.8 Å². The minimum Gasteiger partial charge on any atom is -0.494 e. The maximum absolute atomic E-state index is 9.88. The molecule has 0 amide bonds. The first-order chi connectivity index (χ1) is 9.70. The number of piperidine rings is 1. The molecule has 118 valence electrons. The molecule has 5 nitrogen and oxygen atoms in total.